The van der Waals surface area contributed by atoms with Gasteiger partial charge < -0.3 is 9.64 Å². The molecule has 0 spiro atoms. The Balaban J connectivity index is 1.29. The second-order valence-corrected chi connectivity index (χ2v) is 7.98. The van der Waals surface area contributed by atoms with Gasteiger partial charge in [0.25, 0.3) is 5.91 Å². The Morgan fingerprint density at radius 3 is 2.65 bits per heavy atom. The van der Waals surface area contributed by atoms with E-state index in [1.807, 2.05) is 43.0 Å². The zero-order valence-electron chi connectivity index (χ0n) is 17.9. The predicted molar refractivity (Wildman–Crippen MR) is 116 cm³/mol. The zero-order chi connectivity index (χ0) is 21.8. The third-order valence-electron chi connectivity index (χ3n) is 5.51. The van der Waals surface area contributed by atoms with Crippen molar-refractivity contribution in [1.29, 1.82) is 0 Å². The van der Waals surface area contributed by atoms with Gasteiger partial charge in [0.15, 0.2) is 12.4 Å². The minimum Gasteiger partial charge on any atom is -0.471 e. The molecule has 0 aliphatic carbocycles. The van der Waals surface area contributed by atoms with Crippen molar-refractivity contribution < 1.29 is 13.9 Å². The topological polar surface area (TPSA) is 50.6 Å². The minimum absolute atomic E-state index is 0.0732. The van der Waals surface area contributed by atoms with E-state index in [4.69, 9.17) is 4.74 Å². The number of benzene rings is 2. The average molecular weight is 423 g/mol. The van der Waals surface area contributed by atoms with Crippen LogP contribution in [0.15, 0.2) is 54.7 Å². The Morgan fingerprint density at radius 2 is 1.87 bits per heavy atom. The summed E-state index contributed by atoms with van der Waals surface area (Å²) in [6, 6.07) is 14.5. The van der Waals surface area contributed by atoms with Crippen molar-refractivity contribution in [2.45, 2.75) is 27.1 Å². The molecule has 6 nitrogen and oxygen atoms in total. The molecule has 2 heterocycles. The molecule has 2 aromatic carbocycles. The van der Waals surface area contributed by atoms with Gasteiger partial charge in [-0.3, -0.25) is 9.69 Å². The number of carbonyl (C=O) groups excluding carboxylic acids is 1. The second-order valence-electron chi connectivity index (χ2n) is 7.98. The molecule has 0 radical (unpaired) electrons. The minimum atomic E-state index is -0.219. The zero-order valence-corrected chi connectivity index (χ0v) is 17.9. The molecule has 0 bridgehead atoms. The molecule has 3 aromatic rings. The number of carbonyl (C=O) groups is 1. The van der Waals surface area contributed by atoms with E-state index < -0.39 is 0 Å². The quantitative estimate of drug-likeness (QED) is 0.609. The maximum Gasteiger partial charge on any atom is 0.274 e. The number of nitrogens with zero attached hydrogens (tertiary/aromatic N) is 4. The molecule has 1 aliphatic rings. The highest BCUT2D eigenvalue weighted by atomic mass is 19.1. The normalized spacial score (nSPS) is 14.6. The summed E-state index contributed by atoms with van der Waals surface area (Å²) in [5.41, 5.74) is 3.56. The maximum absolute atomic E-state index is 13.4. The number of amides is 1. The smallest absolute Gasteiger partial charge is 0.274 e. The Kier molecular flexibility index (Phi) is 6.32. The number of hydrogen-bond donors (Lipinski definition) is 0. The molecular weight excluding hydrogens is 395 g/mol. The molecule has 0 N–H and O–H groups in total. The Morgan fingerprint density at radius 1 is 1.06 bits per heavy atom. The summed E-state index contributed by atoms with van der Waals surface area (Å²) in [6.45, 7) is 7.70. The fourth-order valence-corrected chi connectivity index (χ4v) is 3.71. The van der Waals surface area contributed by atoms with Crippen molar-refractivity contribution >= 4 is 5.91 Å². The van der Waals surface area contributed by atoms with Crippen LogP contribution in [0.1, 0.15) is 27.2 Å². The van der Waals surface area contributed by atoms with Crippen LogP contribution in [0.25, 0.3) is 0 Å². The van der Waals surface area contributed by atoms with Gasteiger partial charge >= 0.3 is 0 Å². The van der Waals surface area contributed by atoms with E-state index in [0.717, 1.165) is 35.5 Å². The monoisotopic (exact) mass is 422 g/mol. The van der Waals surface area contributed by atoms with Crippen LogP contribution in [0.3, 0.4) is 0 Å². The van der Waals surface area contributed by atoms with Gasteiger partial charge in [-0.05, 0) is 54.8 Å². The van der Waals surface area contributed by atoms with E-state index in [1.165, 1.54) is 6.07 Å². The van der Waals surface area contributed by atoms with Gasteiger partial charge in [-0.15, -0.1) is 0 Å². The number of aryl methyl sites for hydroxylation is 2. The van der Waals surface area contributed by atoms with Crippen LogP contribution in [0.4, 0.5) is 4.39 Å². The summed E-state index contributed by atoms with van der Waals surface area (Å²) in [5.74, 6) is 0.525. The summed E-state index contributed by atoms with van der Waals surface area (Å²) < 4.78 is 20.9. The van der Waals surface area contributed by atoms with E-state index in [1.54, 1.807) is 29.1 Å². The molecular formula is C24H27FN4O2. The Bertz CT molecular complexity index is 1060. The Labute approximate surface area is 181 Å². The summed E-state index contributed by atoms with van der Waals surface area (Å²) in [6.07, 6.45) is 1.76. The largest absolute Gasteiger partial charge is 0.471 e. The lowest BCUT2D eigenvalue weighted by Gasteiger charge is -2.34. The number of aromatic nitrogens is 2. The summed E-state index contributed by atoms with van der Waals surface area (Å²) in [5, 5.41) is 4.39. The molecule has 1 aliphatic heterocycles. The van der Waals surface area contributed by atoms with E-state index in [-0.39, 0.29) is 18.5 Å². The van der Waals surface area contributed by atoms with Gasteiger partial charge in [0.2, 0.25) is 0 Å². The first kappa shape index (κ1) is 21.1. The first-order valence-corrected chi connectivity index (χ1v) is 10.5. The van der Waals surface area contributed by atoms with Gasteiger partial charge in [-0.1, -0.05) is 24.3 Å². The highest BCUT2D eigenvalue weighted by Gasteiger charge is 2.23. The van der Waals surface area contributed by atoms with E-state index in [9.17, 15) is 9.18 Å². The van der Waals surface area contributed by atoms with Crippen LogP contribution in [-0.2, 0) is 13.3 Å². The molecule has 0 atom stereocenters. The number of ether oxygens (including phenoxy) is 1. The predicted octanol–water partition coefficient (Wildman–Crippen LogP) is 3.63. The van der Waals surface area contributed by atoms with Crippen LogP contribution in [0.2, 0.25) is 0 Å². The van der Waals surface area contributed by atoms with Crippen LogP contribution in [-0.4, -0.2) is 51.7 Å². The van der Waals surface area contributed by atoms with Gasteiger partial charge in [0, 0.05) is 38.9 Å². The van der Waals surface area contributed by atoms with Crippen molar-refractivity contribution in [1.82, 2.24) is 19.6 Å². The molecule has 4 rings (SSSR count). The third-order valence-corrected chi connectivity index (χ3v) is 5.51. The SMILES string of the molecule is Cc1ccc(C)c(OCn2ccc(C(=O)N3CCN(Cc4cccc(F)c4)CC3)n2)c1. The summed E-state index contributed by atoms with van der Waals surface area (Å²) in [7, 11) is 0. The molecule has 1 fully saturated rings. The van der Waals surface area contributed by atoms with Gasteiger partial charge in [0.05, 0.1) is 0 Å². The maximum atomic E-state index is 13.4. The van der Waals surface area contributed by atoms with Crippen LogP contribution >= 0.6 is 0 Å². The van der Waals surface area contributed by atoms with E-state index in [0.29, 0.717) is 25.3 Å². The highest BCUT2D eigenvalue weighted by molar-refractivity contribution is 5.92. The first-order valence-electron chi connectivity index (χ1n) is 10.5. The highest BCUT2D eigenvalue weighted by Crippen LogP contribution is 2.19. The summed E-state index contributed by atoms with van der Waals surface area (Å²) in [4.78, 5) is 16.9. The van der Waals surface area contributed by atoms with Crippen molar-refractivity contribution in [3.63, 3.8) is 0 Å². The molecule has 162 valence electrons. The second kappa shape index (κ2) is 9.31. The fraction of sp³-hybridized carbons (Fsp3) is 0.333. The van der Waals surface area contributed by atoms with Crippen molar-refractivity contribution in [2.24, 2.45) is 0 Å². The molecule has 0 unspecified atom stereocenters. The van der Waals surface area contributed by atoms with Crippen LogP contribution < -0.4 is 4.74 Å². The molecule has 7 heteroatoms. The lowest BCUT2D eigenvalue weighted by atomic mass is 10.1. The average Bonchev–Trinajstić information content (AvgIpc) is 3.23. The number of rotatable bonds is 6. The summed E-state index contributed by atoms with van der Waals surface area (Å²) >= 11 is 0. The number of piperazine rings is 1. The van der Waals surface area contributed by atoms with Crippen molar-refractivity contribution in [2.75, 3.05) is 26.2 Å². The van der Waals surface area contributed by atoms with E-state index in [2.05, 4.69) is 10.00 Å². The lowest BCUT2D eigenvalue weighted by molar-refractivity contribution is 0.0620. The van der Waals surface area contributed by atoms with Gasteiger partial charge in [-0.2, -0.15) is 5.10 Å². The lowest BCUT2D eigenvalue weighted by Crippen LogP contribution is -2.48. The first-order chi connectivity index (χ1) is 15.0. The molecule has 31 heavy (non-hydrogen) atoms. The standard InChI is InChI=1S/C24H27FN4O2/c1-18-6-7-19(2)23(14-18)31-17-29-9-8-22(26-29)24(30)28-12-10-27(11-13-28)16-20-4-3-5-21(25)15-20/h3-9,14-15H,10-13,16-17H2,1-2H3. The van der Waals surface area contributed by atoms with Crippen molar-refractivity contribution in [3.8, 4) is 5.75 Å². The van der Waals surface area contributed by atoms with Gasteiger partial charge in [0.1, 0.15) is 11.6 Å². The number of hydrogen-bond acceptors (Lipinski definition) is 4. The fourth-order valence-electron chi connectivity index (χ4n) is 3.71. The molecule has 0 saturated carbocycles. The molecule has 1 amide bonds. The molecule has 1 saturated heterocycles. The van der Waals surface area contributed by atoms with Crippen LogP contribution in [0.5, 0.6) is 5.75 Å². The van der Waals surface area contributed by atoms with Crippen LogP contribution in [0, 0.1) is 19.7 Å². The Hall–Kier alpha value is -3.19. The van der Waals surface area contributed by atoms with E-state index >= 15 is 0 Å². The van der Waals surface area contributed by atoms with Crippen molar-refractivity contribution in [3.05, 3.63) is 82.9 Å². The van der Waals surface area contributed by atoms with Gasteiger partial charge in [-0.25, -0.2) is 9.07 Å². The number of halogens is 1. The molecule has 1 aromatic heterocycles. The third kappa shape index (κ3) is 5.30.